The summed E-state index contributed by atoms with van der Waals surface area (Å²) in [7, 11) is 3.67. The van der Waals surface area contributed by atoms with E-state index in [9.17, 15) is 0 Å². The normalized spacial score (nSPS) is 9.83. The van der Waals surface area contributed by atoms with Crippen LogP contribution in [0, 0.1) is 0 Å². The molecule has 0 aromatic rings. The molecule has 0 aliphatic rings. The second-order valence-electron chi connectivity index (χ2n) is 4.06. The van der Waals surface area contributed by atoms with E-state index in [1.54, 1.807) is 14.0 Å². The molecule has 0 rings (SSSR count). The van der Waals surface area contributed by atoms with E-state index in [2.05, 4.69) is 33.0 Å². The summed E-state index contributed by atoms with van der Waals surface area (Å²) in [6, 6.07) is 0. The van der Waals surface area contributed by atoms with Crippen molar-refractivity contribution in [1.29, 1.82) is 0 Å². The van der Waals surface area contributed by atoms with E-state index in [0.29, 0.717) is 0 Å². The van der Waals surface area contributed by atoms with E-state index in [1.165, 1.54) is 12.8 Å². The fraction of sp³-hybridized carbons (Fsp3) is 1.00. The summed E-state index contributed by atoms with van der Waals surface area (Å²) >= 11 is 0. The molecule has 18 heavy (non-hydrogen) atoms. The van der Waals surface area contributed by atoms with Gasteiger partial charge in [0.2, 0.25) is 0 Å². The van der Waals surface area contributed by atoms with Crippen molar-refractivity contribution in [3.05, 3.63) is 0 Å². The molecule has 0 heterocycles. The lowest BCUT2D eigenvalue weighted by atomic mass is 10.3. The SMILES string of the molecule is CCC.CCC(C)O.CCCNC.CCCOC. The number of hydrogen-bond acceptors (Lipinski definition) is 3. The van der Waals surface area contributed by atoms with Gasteiger partial charge in [-0.2, -0.15) is 0 Å². The van der Waals surface area contributed by atoms with Gasteiger partial charge in [0.15, 0.2) is 0 Å². The van der Waals surface area contributed by atoms with Crippen molar-refractivity contribution in [1.82, 2.24) is 5.32 Å². The van der Waals surface area contributed by atoms with E-state index < -0.39 is 0 Å². The smallest absolute Gasteiger partial charge is 0.0509 e. The predicted molar refractivity (Wildman–Crippen MR) is 84.3 cm³/mol. The number of methoxy groups -OCH3 is 1. The summed E-state index contributed by atoms with van der Waals surface area (Å²) in [5.41, 5.74) is 0. The van der Waals surface area contributed by atoms with Crippen LogP contribution in [0.1, 0.15) is 67.2 Å². The summed E-state index contributed by atoms with van der Waals surface area (Å²) in [6.07, 6.45) is 4.35. The molecule has 0 saturated heterocycles. The Bertz CT molecular complexity index is 78.6. The van der Waals surface area contributed by atoms with Gasteiger partial charge in [0.05, 0.1) is 6.10 Å². The minimum atomic E-state index is -0.116. The van der Waals surface area contributed by atoms with Crippen LogP contribution >= 0.6 is 0 Å². The summed E-state index contributed by atoms with van der Waals surface area (Å²) in [4.78, 5) is 0. The number of aliphatic hydroxyl groups is 1. The summed E-state index contributed by atoms with van der Waals surface area (Å²) in [5, 5.41) is 11.4. The topological polar surface area (TPSA) is 41.5 Å². The molecule has 0 saturated carbocycles. The molecule has 3 nitrogen and oxygen atoms in total. The second-order valence-corrected chi connectivity index (χ2v) is 4.06. The number of hydrogen-bond donors (Lipinski definition) is 2. The maximum absolute atomic E-state index is 8.36. The Morgan fingerprint density at radius 2 is 1.44 bits per heavy atom. The molecule has 0 aromatic carbocycles. The number of nitrogens with one attached hydrogen (secondary N) is 1. The van der Waals surface area contributed by atoms with Crippen molar-refractivity contribution in [3.8, 4) is 0 Å². The molecule has 0 aliphatic carbocycles. The Hall–Kier alpha value is -0.120. The third kappa shape index (κ3) is 102. The molecule has 0 bridgehead atoms. The molecule has 116 valence electrons. The molecular weight excluding hydrogens is 226 g/mol. The first kappa shape index (κ1) is 26.4. The van der Waals surface area contributed by atoms with Crippen LogP contribution in [-0.2, 0) is 4.74 Å². The van der Waals surface area contributed by atoms with Crippen LogP contribution in [-0.4, -0.2) is 38.5 Å². The van der Waals surface area contributed by atoms with Crippen molar-refractivity contribution in [2.75, 3.05) is 27.3 Å². The van der Waals surface area contributed by atoms with Gasteiger partial charge in [0.25, 0.3) is 0 Å². The van der Waals surface area contributed by atoms with Crippen LogP contribution in [0.15, 0.2) is 0 Å². The average molecular weight is 265 g/mol. The van der Waals surface area contributed by atoms with E-state index in [4.69, 9.17) is 9.84 Å². The molecule has 2 N–H and O–H groups in total. The summed E-state index contributed by atoms with van der Waals surface area (Å²) in [5.74, 6) is 0. The van der Waals surface area contributed by atoms with Gasteiger partial charge in [-0.1, -0.05) is 41.0 Å². The minimum absolute atomic E-state index is 0.116. The van der Waals surface area contributed by atoms with Crippen LogP contribution in [0.3, 0.4) is 0 Å². The van der Waals surface area contributed by atoms with Crippen molar-refractivity contribution in [2.24, 2.45) is 0 Å². The number of ether oxygens (including phenoxy) is 1. The molecular formula is C15H39NO2. The largest absolute Gasteiger partial charge is 0.393 e. The zero-order valence-electron chi connectivity index (χ0n) is 14.2. The molecule has 0 spiro atoms. The van der Waals surface area contributed by atoms with Gasteiger partial charge >= 0.3 is 0 Å². The Morgan fingerprint density at radius 1 is 1.06 bits per heavy atom. The Morgan fingerprint density at radius 3 is 1.44 bits per heavy atom. The third-order valence-electron chi connectivity index (χ3n) is 1.50. The zero-order chi connectivity index (χ0) is 15.2. The standard InChI is InChI=1S/C4H11N.2C4H10O.C3H8/c2*1-3-4-5-2;1-3-4(2)5;1-3-2/h5H,3-4H2,1-2H3;3-4H2,1-2H3;4-5H,3H2,1-2H3;3H2,1-2H3. The van der Waals surface area contributed by atoms with Gasteiger partial charge in [0.1, 0.15) is 0 Å². The molecule has 3 heteroatoms. The highest BCUT2D eigenvalue weighted by Crippen LogP contribution is 1.81. The van der Waals surface area contributed by atoms with Crippen molar-refractivity contribution >= 4 is 0 Å². The highest BCUT2D eigenvalue weighted by molar-refractivity contribution is 4.34. The van der Waals surface area contributed by atoms with Crippen LogP contribution in [0.2, 0.25) is 0 Å². The lowest BCUT2D eigenvalue weighted by Crippen LogP contribution is -2.04. The average Bonchev–Trinajstić information content (AvgIpc) is 2.33. The Kier molecular flexibility index (Phi) is 52.8. The van der Waals surface area contributed by atoms with Gasteiger partial charge in [-0.3, -0.25) is 0 Å². The van der Waals surface area contributed by atoms with E-state index >= 15 is 0 Å². The Balaban J connectivity index is -0.0000000739. The molecule has 0 aliphatic heterocycles. The molecule has 1 atom stereocenters. The second kappa shape index (κ2) is 36.0. The maximum Gasteiger partial charge on any atom is 0.0509 e. The van der Waals surface area contributed by atoms with Crippen LogP contribution in [0.25, 0.3) is 0 Å². The highest BCUT2D eigenvalue weighted by atomic mass is 16.5. The fourth-order valence-electron chi connectivity index (χ4n) is 0.454. The predicted octanol–water partition coefficient (Wildman–Crippen LogP) is 3.85. The summed E-state index contributed by atoms with van der Waals surface area (Å²) < 4.78 is 4.69. The molecule has 1 unspecified atom stereocenters. The minimum Gasteiger partial charge on any atom is -0.393 e. The van der Waals surface area contributed by atoms with E-state index in [0.717, 1.165) is 26.0 Å². The molecule has 0 fully saturated rings. The van der Waals surface area contributed by atoms with Crippen LogP contribution in [0.5, 0.6) is 0 Å². The zero-order valence-corrected chi connectivity index (χ0v) is 14.2. The maximum atomic E-state index is 8.36. The van der Waals surface area contributed by atoms with Crippen molar-refractivity contribution < 1.29 is 9.84 Å². The molecule has 0 aromatic heterocycles. The Labute approximate surface area is 116 Å². The quantitative estimate of drug-likeness (QED) is 0.793. The fourth-order valence-corrected chi connectivity index (χ4v) is 0.454. The van der Waals surface area contributed by atoms with Crippen LogP contribution < -0.4 is 5.32 Å². The van der Waals surface area contributed by atoms with Gasteiger partial charge in [-0.25, -0.2) is 0 Å². The number of rotatable bonds is 5. The van der Waals surface area contributed by atoms with E-state index in [1.807, 2.05) is 14.0 Å². The van der Waals surface area contributed by atoms with Crippen molar-refractivity contribution in [2.45, 2.75) is 73.3 Å². The van der Waals surface area contributed by atoms with Crippen molar-refractivity contribution in [3.63, 3.8) is 0 Å². The molecule has 0 amide bonds. The van der Waals surface area contributed by atoms with Gasteiger partial charge < -0.3 is 15.2 Å². The first-order chi connectivity index (χ1) is 8.51. The van der Waals surface area contributed by atoms with Gasteiger partial charge in [-0.15, -0.1) is 0 Å². The van der Waals surface area contributed by atoms with Gasteiger partial charge in [0, 0.05) is 13.7 Å². The monoisotopic (exact) mass is 265 g/mol. The number of aliphatic hydroxyl groups excluding tert-OH is 1. The lowest BCUT2D eigenvalue weighted by molar-refractivity contribution is 0.191. The van der Waals surface area contributed by atoms with Crippen LogP contribution in [0.4, 0.5) is 0 Å². The van der Waals surface area contributed by atoms with E-state index in [-0.39, 0.29) is 6.10 Å². The lowest BCUT2D eigenvalue weighted by Gasteiger charge is -1.90. The van der Waals surface area contributed by atoms with Gasteiger partial charge in [-0.05, 0) is 39.8 Å². The highest BCUT2D eigenvalue weighted by Gasteiger charge is 1.81. The first-order valence-corrected chi connectivity index (χ1v) is 7.33. The first-order valence-electron chi connectivity index (χ1n) is 7.33. The third-order valence-corrected chi connectivity index (χ3v) is 1.50. The molecule has 0 radical (unpaired) electrons. The summed E-state index contributed by atoms with van der Waals surface area (Å²) in [6.45, 7) is 14.2.